The molecular weight excluding hydrogens is 264 g/mol. The van der Waals surface area contributed by atoms with Crippen molar-refractivity contribution in [2.24, 2.45) is 0 Å². The highest BCUT2D eigenvalue weighted by Gasteiger charge is 2.11. The lowest BCUT2D eigenvalue weighted by Crippen LogP contribution is -2.22. The second-order valence-corrected chi connectivity index (χ2v) is 5.16. The summed E-state index contributed by atoms with van der Waals surface area (Å²) in [6, 6.07) is 13.7. The molecule has 0 aliphatic carbocycles. The third-order valence-corrected chi connectivity index (χ3v) is 3.70. The predicted molar refractivity (Wildman–Crippen MR) is 82.3 cm³/mol. The maximum atomic E-state index is 10.2. The monoisotopic (exact) mass is 282 g/mol. The second-order valence-electron chi connectivity index (χ2n) is 5.16. The second kappa shape index (κ2) is 5.58. The summed E-state index contributed by atoms with van der Waals surface area (Å²) in [5, 5.41) is 10.2. The van der Waals surface area contributed by atoms with Crippen molar-refractivity contribution in [3.63, 3.8) is 0 Å². The van der Waals surface area contributed by atoms with Crippen LogP contribution in [0.1, 0.15) is 11.1 Å². The van der Waals surface area contributed by atoms with Gasteiger partial charge in [0.25, 0.3) is 0 Å². The van der Waals surface area contributed by atoms with Crippen LogP contribution in [0.4, 0.5) is 0 Å². The van der Waals surface area contributed by atoms with Gasteiger partial charge in [-0.1, -0.05) is 24.3 Å². The van der Waals surface area contributed by atoms with Crippen LogP contribution in [0.15, 0.2) is 48.8 Å². The van der Waals surface area contributed by atoms with Gasteiger partial charge < -0.3 is 14.4 Å². The Hall–Kier alpha value is -2.33. The van der Waals surface area contributed by atoms with Gasteiger partial charge in [-0.3, -0.25) is 0 Å². The molecule has 0 aliphatic rings. The van der Waals surface area contributed by atoms with Crippen LogP contribution in [0.5, 0.6) is 5.75 Å². The van der Waals surface area contributed by atoms with Crippen LogP contribution >= 0.6 is 0 Å². The Balaban J connectivity index is 1.77. The van der Waals surface area contributed by atoms with Crippen LogP contribution in [-0.2, 0) is 6.54 Å². The van der Waals surface area contributed by atoms with Gasteiger partial charge in [-0.25, -0.2) is 4.98 Å². The van der Waals surface area contributed by atoms with E-state index in [-0.39, 0.29) is 0 Å². The van der Waals surface area contributed by atoms with Gasteiger partial charge in [0.2, 0.25) is 6.29 Å². The molecule has 0 spiro atoms. The average Bonchev–Trinajstić information content (AvgIpc) is 2.87. The molecule has 1 atom stereocenters. The summed E-state index contributed by atoms with van der Waals surface area (Å²) in [6.45, 7) is 4.36. The standard InChI is InChI=1S/C17H18N2O2/c1-12-6-5-9-16(13(12)2)21-17(20)10-19-11-18-14-7-3-4-8-15(14)19/h3-9,11,17,20H,10H2,1-2H3. The predicted octanol–water partition coefficient (Wildman–Crippen LogP) is 3.05. The Morgan fingerprint density at radius 1 is 1.14 bits per heavy atom. The average molecular weight is 282 g/mol. The highest BCUT2D eigenvalue weighted by Crippen LogP contribution is 2.22. The quantitative estimate of drug-likeness (QED) is 0.748. The first-order chi connectivity index (χ1) is 10.1. The fourth-order valence-electron chi connectivity index (χ4n) is 2.36. The van der Waals surface area contributed by atoms with Gasteiger partial charge in [0.1, 0.15) is 5.75 Å². The molecule has 1 heterocycles. The molecule has 3 aromatic rings. The minimum absolute atomic E-state index is 0.341. The molecule has 2 aromatic carbocycles. The zero-order valence-electron chi connectivity index (χ0n) is 12.2. The number of fused-ring (bicyclic) bond motifs is 1. The summed E-state index contributed by atoms with van der Waals surface area (Å²) >= 11 is 0. The SMILES string of the molecule is Cc1cccc(OC(O)Cn2cnc3ccccc32)c1C. The molecule has 108 valence electrons. The van der Waals surface area contributed by atoms with Gasteiger partial charge >= 0.3 is 0 Å². The molecule has 4 nitrogen and oxygen atoms in total. The van der Waals surface area contributed by atoms with Crippen molar-refractivity contribution in [1.29, 1.82) is 0 Å². The van der Waals surface area contributed by atoms with Crippen LogP contribution in [-0.4, -0.2) is 20.9 Å². The molecule has 0 aliphatic heterocycles. The van der Waals surface area contributed by atoms with Crippen LogP contribution in [0.25, 0.3) is 11.0 Å². The molecule has 1 aromatic heterocycles. The largest absolute Gasteiger partial charge is 0.463 e. The molecule has 4 heteroatoms. The Kier molecular flexibility index (Phi) is 3.62. The maximum absolute atomic E-state index is 10.2. The molecule has 0 amide bonds. The molecule has 1 N–H and O–H groups in total. The van der Waals surface area contributed by atoms with Crippen LogP contribution in [0.3, 0.4) is 0 Å². The summed E-state index contributed by atoms with van der Waals surface area (Å²) in [5.74, 6) is 0.715. The lowest BCUT2D eigenvalue weighted by atomic mass is 10.1. The number of imidazole rings is 1. The number of aryl methyl sites for hydroxylation is 1. The third kappa shape index (κ3) is 2.76. The summed E-state index contributed by atoms with van der Waals surface area (Å²) in [4.78, 5) is 4.31. The first-order valence-electron chi connectivity index (χ1n) is 6.96. The van der Waals surface area contributed by atoms with Crippen molar-refractivity contribution in [2.75, 3.05) is 0 Å². The Morgan fingerprint density at radius 3 is 2.81 bits per heavy atom. The summed E-state index contributed by atoms with van der Waals surface area (Å²) < 4.78 is 7.55. The number of aliphatic hydroxyl groups excluding tert-OH is 1. The number of rotatable bonds is 4. The van der Waals surface area contributed by atoms with E-state index in [4.69, 9.17) is 4.74 Å². The highest BCUT2D eigenvalue weighted by atomic mass is 16.6. The van der Waals surface area contributed by atoms with Crippen molar-refractivity contribution >= 4 is 11.0 Å². The smallest absolute Gasteiger partial charge is 0.215 e. The van der Waals surface area contributed by atoms with Crippen molar-refractivity contribution in [3.05, 3.63) is 59.9 Å². The molecule has 0 radical (unpaired) electrons. The van der Waals surface area contributed by atoms with Crippen molar-refractivity contribution < 1.29 is 9.84 Å². The number of hydrogen-bond donors (Lipinski definition) is 1. The zero-order valence-corrected chi connectivity index (χ0v) is 12.2. The Labute approximate surface area is 123 Å². The maximum Gasteiger partial charge on any atom is 0.215 e. The molecule has 0 saturated carbocycles. The molecular formula is C17H18N2O2. The summed E-state index contributed by atoms with van der Waals surface area (Å²) in [5.41, 5.74) is 4.09. The number of hydrogen-bond acceptors (Lipinski definition) is 3. The van der Waals surface area contributed by atoms with E-state index in [1.54, 1.807) is 6.33 Å². The van der Waals surface area contributed by atoms with E-state index in [1.165, 1.54) is 0 Å². The van der Waals surface area contributed by atoms with Crippen LogP contribution in [0, 0.1) is 13.8 Å². The molecule has 0 fully saturated rings. The van der Waals surface area contributed by atoms with Crippen molar-refractivity contribution in [2.45, 2.75) is 26.7 Å². The van der Waals surface area contributed by atoms with E-state index in [9.17, 15) is 5.11 Å². The van der Waals surface area contributed by atoms with Gasteiger partial charge in [-0.05, 0) is 43.2 Å². The molecule has 0 bridgehead atoms. The van der Waals surface area contributed by atoms with E-state index in [2.05, 4.69) is 4.98 Å². The Bertz CT molecular complexity index is 764. The fraction of sp³-hybridized carbons (Fsp3) is 0.235. The van der Waals surface area contributed by atoms with E-state index < -0.39 is 6.29 Å². The topological polar surface area (TPSA) is 47.3 Å². The van der Waals surface area contributed by atoms with E-state index in [0.29, 0.717) is 12.3 Å². The van der Waals surface area contributed by atoms with Gasteiger partial charge in [0, 0.05) is 0 Å². The highest BCUT2D eigenvalue weighted by molar-refractivity contribution is 5.74. The third-order valence-electron chi connectivity index (χ3n) is 3.70. The summed E-state index contributed by atoms with van der Waals surface area (Å²) in [7, 11) is 0. The normalized spacial score (nSPS) is 12.5. The fourth-order valence-corrected chi connectivity index (χ4v) is 2.36. The van der Waals surface area contributed by atoms with E-state index >= 15 is 0 Å². The van der Waals surface area contributed by atoms with E-state index in [1.807, 2.05) is 60.9 Å². The minimum atomic E-state index is -0.914. The molecule has 1 unspecified atom stereocenters. The van der Waals surface area contributed by atoms with Gasteiger partial charge in [-0.15, -0.1) is 0 Å². The first-order valence-corrected chi connectivity index (χ1v) is 6.96. The number of aromatic nitrogens is 2. The zero-order chi connectivity index (χ0) is 14.8. The number of benzene rings is 2. The van der Waals surface area contributed by atoms with Gasteiger partial charge in [-0.2, -0.15) is 0 Å². The number of aliphatic hydroxyl groups is 1. The minimum Gasteiger partial charge on any atom is -0.463 e. The number of para-hydroxylation sites is 2. The molecule has 21 heavy (non-hydrogen) atoms. The van der Waals surface area contributed by atoms with Gasteiger partial charge in [0.05, 0.1) is 23.9 Å². The van der Waals surface area contributed by atoms with Crippen molar-refractivity contribution in [1.82, 2.24) is 9.55 Å². The lowest BCUT2D eigenvalue weighted by molar-refractivity contribution is -0.0291. The Morgan fingerprint density at radius 2 is 1.95 bits per heavy atom. The molecule has 3 rings (SSSR count). The van der Waals surface area contributed by atoms with Crippen LogP contribution in [0.2, 0.25) is 0 Å². The van der Waals surface area contributed by atoms with E-state index in [0.717, 1.165) is 22.2 Å². The lowest BCUT2D eigenvalue weighted by Gasteiger charge is -2.17. The van der Waals surface area contributed by atoms with Crippen LogP contribution < -0.4 is 4.74 Å². The molecule has 0 saturated heterocycles. The van der Waals surface area contributed by atoms with Gasteiger partial charge in [0.15, 0.2) is 0 Å². The number of ether oxygens (including phenoxy) is 1. The number of nitrogens with zero attached hydrogens (tertiary/aromatic N) is 2. The van der Waals surface area contributed by atoms with Crippen molar-refractivity contribution in [3.8, 4) is 5.75 Å². The first kappa shape index (κ1) is 13.6. The summed E-state index contributed by atoms with van der Waals surface area (Å²) in [6.07, 6.45) is 0.809.